The van der Waals surface area contributed by atoms with Crippen molar-refractivity contribution in [3.63, 3.8) is 0 Å². The molecule has 6 aliphatic heterocycles. The highest BCUT2D eigenvalue weighted by Gasteiger charge is 2.55. The summed E-state index contributed by atoms with van der Waals surface area (Å²) in [6.07, 6.45) is 12.7. The Morgan fingerprint density at radius 2 is 1.18 bits per heavy atom. The number of rotatable bonds is 3. The molecule has 6 heterocycles. The number of nitrogens with zero attached hydrogens (tertiary/aromatic N) is 1. The van der Waals surface area contributed by atoms with E-state index in [-0.39, 0.29) is 56.2 Å². The summed E-state index contributed by atoms with van der Waals surface area (Å²) >= 11 is 0. The minimum Gasteiger partial charge on any atom is -0.400 e. The Labute approximate surface area is 271 Å². The quantitative estimate of drug-likeness (QED) is 0.337. The predicted molar refractivity (Wildman–Crippen MR) is 178 cm³/mol. The van der Waals surface area contributed by atoms with E-state index in [1.54, 1.807) is 4.31 Å². The molecule has 0 amide bonds. The van der Waals surface area contributed by atoms with E-state index >= 15 is 0 Å². The first kappa shape index (κ1) is 38.0. The molecule has 6 rings (SSSR count). The van der Waals surface area contributed by atoms with E-state index in [2.05, 4.69) is 49.8 Å². The van der Waals surface area contributed by atoms with E-state index in [4.69, 9.17) is 18.6 Å². The first-order valence-electron chi connectivity index (χ1n) is 15.2. The van der Waals surface area contributed by atoms with E-state index in [0.29, 0.717) is 18.5 Å². The zero-order valence-electron chi connectivity index (χ0n) is 27.3. The van der Waals surface area contributed by atoms with Crippen LogP contribution in [-0.2, 0) is 37.7 Å². The second-order valence-corrected chi connectivity index (χ2v) is 19.6. The molecule has 10 nitrogen and oxygen atoms in total. The van der Waals surface area contributed by atoms with E-state index in [1.807, 2.05) is 33.8 Å². The van der Waals surface area contributed by atoms with E-state index in [0.717, 1.165) is 31.0 Å². The average Bonchev–Trinajstić information content (AvgIpc) is 3.45. The zero-order chi connectivity index (χ0) is 32.4. The Balaban J connectivity index is 0.000000208. The Kier molecular flexibility index (Phi) is 11.1. The van der Waals surface area contributed by atoms with Gasteiger partial charge in [-0.3, -0.25) is 0 Å². The molecule has 15 heteroatoms. The van der Waals surface area contributed by atoms with Crippen molar-refractivity contribution in [3.05, 3.63) is 23.1 Å². The first-order chi connectivity index (χ1) is 19.4. The number of halogens is 1. The Bertz CT molecular complexity index is 1310. The Morgan fingerprint density at radius 1 is 0.750 bits per heavy atom. The van der Waals surface area contributed by atoms with Gasteiger partial charge in [-0.2, -0.15) is 4.31 Å². The summed E-state index contributed by atoms with van der Waals surface area (Å²) in [4.78, 5) is 0. The van der Waals surface area contributed by atoms with Crippen LogP contribution in [0, 0.1) is 0 Å². The molecule has 1 N–H and O–H groups in total. The van der Waals surface area contributed by atoms with Crippen LogP contribution in [0.3, 0.4) is 0 Å². The number of sulfonamides is 1. The van der Waals surface area contributed by atoms with Crippen molar-refractivity contribution in [2.45, 2.75) is 148 Å². The fourth-order valence-corrected chi connectivity index (χ4v) is 7.81. The molecule has 0 aromatic heterocycles. The van der Waals surface area contributed by atoms with Gasteiger partial charge in [0.25, 0.3) is 0 Å². The average molecular weight is 679 g/mol. The lowest BCUT2D eigenvalue weighted by molar-refractivity contribution is 0.00578. The molecule has 0 saturated carbocycles. The Hall–Kier alpha value is -0.440. The summed E-state index contributed by atoms with van der Waals surface area (Å²) in [5, 5.41) is 3.60. The van der Waals surface area contributed by atoms with Gasteiger partial charge in [0.15, 0.2) is 0 Å². The molecule has 0 radical (unpaired) electrons. The summed E-state index contributed by atoms with van der Waals surface area (Å²) in [5.41, 5.74) is 1.29. The molecule has 252 valence electrons. The summed E-state index contributed by atoms with van der Waals surface area (Å²) in [7, 11) is -2.32. The van der Waals surface area contributed by atoms with Crippen LogP contribution < -0.4 is 5.32 Å². The molecular formula is C29H53B2ClN2O8S2. The highest BCUT2D eigenvalue weighted by molar-refractivity contribution is 8.13. The highest BCUT2D eigenvalue weighted by Crippen LogP contribution is 2.44. The largest absolute Gasteiger partial charge is 0.490 e. The predicted octanol–water partition coefficient (Wildman–Crippen LogP) is 4.63. The molecular weight excluding hydrogens is 626 g/mol. The fourth-order valence-electron chi connectivity index (χ4n) is 6.43. The molecule has 0 aromatic carbocycles. The van der Waals surface area contributed by atoms with Crippen LogP contribution in [0.25, 0.3) is 0 Å². The van der Waals surface area contributed by atoms with Gasteiger partial charge in [-0.05, 0) is 105 Å². The molecule has 0 aromatic rings. The van der Waals surface area contributed by atoms with Crippen LogP contribution in [0.1, 0.15) is 101 Å². The third-order valence-electron chi connectivity index (χ3n) is 10.0. The maximum atomic E-state index is 11.9. The van der Waals surface area contributed by atoms with Gasteiger partial charge in [0.05, 0.1) is 34.9 Å². The monoisotopic (exact) mass is 678 g/mol. The number of hydrogen-bond donors (Lipinski definition) is 1. The van der Waals surface area contributed by atoms with E-state index in [1.165, 1.54) is 24.6 Å². The third kappa shape index (κ3) is 8.52. The number of fused-ring (bicyclic) bond motifs is 4. The van der Waals surface area contributed by atoms with Crippen LogP contribution in [0.15, 0.2) is 23.1 Å². The molecule has 4 unspecified atom stereocenters. The molecule has 4 saturated heterocycles. The first-order valence-corrected chi connectivity index (χ1v) is 19.7. The molecule has 4 bridgehead atoms. The highest BCUT2D eigenvalue weighted by atomic mass is 35.7. The van der Waals surface area contributed by atoms with Crippen molar-refractivity contribution in [2.75, 3.05) is 12.5 Å². The van der Waals surface area contributed by atoms with Gasteiger partial charge in [0.2, 0.25) is 19.1 Å². The van der Waals surface area contributed by atoms with Gasteiger partial charge in [0, 0.05) is 34.8 Å². The lowest BCUT2D eigenvalue weighted by atomic mass is 9.73. The standard InChI is InChI=1S/C14H24BNO4S.C13H22BNO2.CH3ClO2S.CH4/c1-13(2)14(3,4)20-15(19-13)10-8-11-6-7-12(9-10)16(11)21(5,17)18;1-12(2)13(3,4)17-14(16-12)9-7-10-5-6-11(8-9)15-10;1-5(2,3)4;/h8,11-12H,6-7,9H2,1-5H3;7,10-11,15H,5-6,8H2,1-4H3;1H3;1H4. The maximum Gasteiger partial charge on any atom is 0.490 e. The summed E-state index contributed by atoms with van der Waals surface area (Å²) < 4.78 is 68.7. The summed E-state index contributed by atoms with van der Waals surface area (Å²) in [6, 6.07) is 1.21. The zero-order valence-corrected chi connectivity index (χ0v) is 29.7. The van der Waals surface area contributed by atoms with Crippen LogP contribution in [-0.4, -0.2) is 94.5 Å². The van der Waals surface area contributed by atoms with Crippen LogP contribution in [0.5, 0.6) is 0 Å². The van der Waals surface area contributed by atoms with Gasteiger partial charge in [0.1, 0.15) is 0 Å². The van der Waals surface area contributed by atoms with Gasteiger partial charge in [-0.15, -0.1) is 0 Å². The van der Waals surface area contributed by atoms with Gasteiger partial charge >= 0.3 is 14.2 Å². The van der Waals surface area contributed by atoms with Crippen molar-refractivity contribution in [2.24, 2.45) is 0 Å². The SMILES string of the molecule is C.CC1(C)OB(C2=CC3CCC(C2)N3)OC1(C)C.CC1(C)OB(C2=CC3CCC(C2)N3S(C)(=O)=O)OC1(C)C.CS(=O)(=O)Cl. The fraction of sp³-hybridized carbons (Fsp3) is 0.862. The van der Waals surface area contributed by atoms with Crippen LogP contribution in [0.4, 0.5) is 0 Å². The minimum absolute atomic E-state index is 0. The minimum atomic E-state index is -3.19. The molecule has 4 atom stereocenters. The van der Waals surface area contributed by atoms with Gasteiger partial charge < -0.3 is 23.9 Å². The van der Waals surface area contributed by atoms with Crippen LogP contribution in [0.2, 0.25) is 0 Å². The van der Waals surface area contributed by atoms with Gasteiger partial charge in [-0.25, -0.2) is 16.8 Å². The lowest BCUT2D eigenvalue weighted by Gasteiger charge is -2.32. The molecule has 0 aliphatic carbocycles. The van der Waals surface area contributed by atoms with Crippen molar-refractivity contribution in [3.8, 4) is 0 Å². The topological polar surface area (TPSA) is 120 Å². The molecule has 44 heavy (non-hydrogen) atoms. The summed E-state index contributed by atoms with van der Waals surface area (Å²) in [6.45, 7) is 16.6. The van der Waals surface area contributed by atoms with Crippen molar-refractivity contribution < 1.29 is 35.5 Å². The van der Waals surface area contributed by atoms with Crippen molar-refractivity contribution in [1.29, 1.82) is 0 Å². The second-order valence-electron chi connectivity index (χ2n) is 14.7. The molecule has 6 aliphatic rings. The number of nitrogens with one attached hydrogen (secondary N) is 1. The van der Waals surface area contributed by atoms with E-state index in [9.17, 15) is 16.8 Å². The van der Waals surface area contributed by atoms with E-state index < -0.39 is 19.1 Å². The lowest BCUT2D eigenvalue weighted by Crippen LogP contribution is -2.44. The van der Waals surface area contributed by atoms with Gasteiger partial charge in [-0.1, -0.05) is 19.6 Å². The van der Waals surface area contributed by atoms with Crippen molar-refractivity contribution >= 4 is 44.0 Å². The Morgan fingerprint density at radius 3 is 1.57 bits per heavy atom. The second kappa shape index (κ2) is 12.9. The third-order valence-corrected chi connectivity index (χ3v) is 11.4. The molecule has 0 spiro atoms. The smallest absolute Gasteiger partial charge is 0.400 e. The van der Waals surface area contributed by atoms with Crippen LogP contribution >= 0.6 is 10.7 Å². The van der Waals surface area contributed by atoms with Crippen molar-refractivity contribution in [1.82, 2.24) is 9.62 Å². The normalized spacial score (nSPS) is 32.9. The number of hydrogen-bond acceptors (Lipinski definition) is 9. The molecule has 4 fully saturated rings. The maximum absolute atomic E-state index is 11.9. The summed E-state index contributed by atoms with van der Waals surface area (Å²) in [5.74, 6) is 0.